The van der Waals surface area contributed by atoms with Gasteiger partial charge in [-0.2, -0.15) is 4.39 Å². The molecule has 0 aromatic heterocycles. The van der Waals surface area contributed by atoms with Crippen molar-refractivity contribution in [2.45, 2.75) is 51.9 Å². The second-order valence-electron chi connectivity index (χ2n) is 8.55. The number of aryl methyl sites for hydroxylation is 4. The van der Waals surface area contributed by atoms with Crippen molar-refractivity contribution in [1.82, 2.24) is 0 Å². The molecule has 0 bridgehead atoms. The third kappa shape index (κ3) is 4.46. The topological polar surface area (TPSA) is 9.23 Å². The zero-order valence-electron chi connectivity index (χ0n) is 18.9. The van der Waals surface area contributed by atoms with Crippen molar-refractivity contribution in [3.8, 4) is 11.5 Å². The molecule has 0 amide bonds. The number of fused-ring (bicyclic) bond motifs is 2. The average molecular weight is 472 g/mol. The Kier molecular flexibility index (Phi) is 7.05. The molecule has 6 heteroatoms. The van der Waals surface area contributed by atoms with Gasteiger partial charge < -0.3 is 4.74 Å². The van der Waals surface area contributed by atoms with Crippen LogP contribution in [0.4, 0.5) is 22.0 Å². The van der Waals surface area contributed by atoms with Crippen molar-refractivity contribution in [1.29, 1.82) is 0 Å². The second kappa shape index (κ2) is 10.00. The molecule has 0 atom stereocenters. The Morgan fingerprint density at radius 2 is 1.26 bits per heavy atom. The Bertz CT molecular complexity index is 1250. The molecular weight excluding hydrogens is 447 g/mol. The number of hydrogen-bond acceptors (Lipinski definition) is 1. The number of hydrogen-bond donors (Lipinski definition) is 0. The van der Waals surface area contributed by atoms with Crippen LogP contribution in [0.15, 0.2) is 43.0 Å². The predicted octanol–water partition coefficient (Wildman–Crippen LogP) is 7.93. The molecule has 0 N–H and O–H groups in total. The van der Waals surface area contributed by atoms with Gasteiger partial charge in [-0.3, -0.25) is 0 Å². The van der Waals surface area contributed by atoms with Crippen molar-refractivity contribution in [2.24, 2.45) is 0 Å². The van der Waals surface area contributed by atoms with Gasteiger partial charge in [0.15, 0.2) is 34.8 Å². The zero-order valence-corrected chi connectivity index (χ0v) is 18.9. The molecule has 0 aliphatic carbocycles. The van der Waals surface area contributed by atoms with Gasteiger partial charge in [0.05, 0.1) is 0 Å². The average Bonchev–Trinajstić information content (AvgIpc) is 2.83. The molecule has 0 fully saturated rings. The van der Waals surface area contributed by atoms with E-state index < -0.39 is 29.1 Å². The molecule has 34 heavy (non-hydrogen) atoms. The summed E-state index contributed by atoms with van der Waals surface area (Å²) in [4.78, 5) is 0. The number of halogens is 5. The first-order chi connectivity index (χ1) is 16.3. The quantitative estimate of drug-likeness (QED) is 0.187. The Morgan fingerprint density at radius 3 is 1.91 bits per heavy atom. The molecule has 1 aliphatic rings. The van der Waals surface area contributed by atoms with Gasteiger partial charge >= 0.3 is 0 Å². The van der Waals surface area contributed by atoms with Gasteiger partial charge in [0.25, 0.3) is 0 Å². The maximum absolute atomic E-state index is 15.2. The lowest BCUT2D eigenvalue weighted by Gasteiger charge is -2.23. The summed E-state index contributed by atoms with van der Waals surface area (Å²) >= 11 is 0. The van der Waals surface area contributed by atoms with E-state index in [1.165, 1.54) is 12.1 Å². The molecule has 4 rings (SSSR count). The van der Waals surface area contributed by atoms with Gasteiger partial charge in [-0.15, -0.1) is 6.58 Å². The van der Waals surface area contributed by atoms with Crippen LogP contribution in [0, 0.1) is 29.1 Å². The maximum atomic E-state index is 15.2. The van der Waals surface area contributed by atoms with Crippen LogP contribution in [-0.2, 0) is 32.1 Å². The molecule has 178 valence electrons. The number of rotatable bonds is 8. The molecule has 0 unspecified atom stereocenters. The largest absolute Gasteiger partial charge is 0.450 e. The molecule has 1 aliphatic heterocycles. The summed E-state index contributed by atoms with van der Waals surface area (Å²) in [5.74, 6) is -5.10. The summed E-state index contributed by atoms with van der Waals surface area (Å²) in [6.07, 6.45) is 3.93. The van der Waals surface area contributed by atoms with E-state index in [1.807, 2.05) is 6.92 Å². The normalized spacial score (nSPS) is 12.2. The molecular formula is C28H25F5O. The molecule has 1 heterocycles. The van der Waals surface area contributed by atoms with E-state index >= 15 is 4.39 Å². The van der Waals surface area contributed by atoms with Crippen LogP contribution in [0.2, 0.25) is 0 Å². The van der Waals surface area contributed by atoms with Crippen molar-refractivity contribution < 1.29 is 26.7 Å². The summed E-state index contributed by atoms with van der Waals surface area (Å²) in [6, 6.07) is 7.85. The second-order valence-corrected chi connectivity index (χ2v) is 8.55. The molecule has 1 nitrogen and oxygen atoms in total. The minimum Gasteiger partial charge on any atom is -0.450 e. The molecule has 0 spiro atoms. The third-order valence-corrected chi connectivity index (χ3v) is 6.20. The molecule has 0 saturated carbocycles. The van der Waals surface area contributed by atoms with E-state index in [9.17, 15) is 17.6 Å². The SMILES string of the molecule is C=CCCc1ccc(CCc2ccc3c(c2F)Oc2c(cc(CCC)c(F)c2F)C3)c(F)c1F. The molecule has 0 radical (unpaired) electrons. The van der Waals surface area contributed by atoms with E-state index in [-0.39, 0.29) is 53.0 Å². The summed E-state index contributed by atoms with van der Waals surface area (Å²) in [6.45, 7) is 5.45. The molecule has 3 aromatic carbocycles. The fraction of sp³-hybridized carbons (Fsp3) is 0.286. The van der Waals surface area contributed by atoms with Crippen LogP contribution in [0.3, 0.4) is 0 Å². The first-order valence-electron chi connectivity index (χ1n) is 11.4. The van der Waals surface area contributed by atoms with Crippen LogP contribution in [0.1, 0.15) is 53.1 Å². The maximum Gasteiger partial charge on any atom is 0.201 e. The Balaban J connectivity index is 1.57. The summed E-state index contributed by atoms with van der Waals surface area (Å²) in [5, 5.41) is 0. The Labute approximate surface area is 195 Å². The van der Waals surface area contributed by atoms with Crippen LogP contribution in [0.5, 0.6) is 11.5 Å². The Hall–Kier alpha value is -3.15. The number of allylic oxidation sites excluding steroid dienone is 1. The highest BCUT2D eigenvalue weighted by Gasteiger charge is 2.28. The highest BCUT2D eigenvalue weighted by atomic mass is 19.2. The van der Waals surface area contributed by atoms with Crippen LogP contribution >= 0.6 is 0 Å². The molecule has 0 saturated heterocycles. The van der Waals surface area contributed by atoms with Gasteiger partial charge in [0.1, 0.15) is 0 Å². The van der Waals surface area contributed by atoms with Gasteiger partial charge in [-0.05, 0) is 60.4 Å². The van der Waals surface area contributed by atoms with Crippen LogP contribution < -0.4 is 4.74 Å². The lowest BCUT2D eigenvalue weighted by Crippen LogP contribution is -2.11. The fourth-order valence-corrected chi connectivity index (χ4v) is 4.34. The van der Waals surface area contributed by atoms with Gasteiger partial charge in [0, 0.05) is 17.5 Å². The first kappa shape index (κ1) is 24.0. The van der Waals surface area contributed by atoms with Crippen molar-refractivity contribution in [3.05, 3.63) is 105 Å². The fourth-order valence-electron chi connectivity index (χ4n) is 4.34. The smallest absolute Gasteiger partial charge is 0.201 e. The third-order valence-electron chi connectivity index (χ3n) is 6.20. The van der Waals surface area contributed by atoms with E-state index in [2.05, 4.69) is 6.58 Å². The highest BCUT2D eigenvalue weighted by molar-refractivity contribution is 5.53. The number of ether oxygens (including phenoxy) is 1. The monoisotopic (exact) mass is 472 g/mol. The van der Waals surface area contributed by atoms with Gasteiger partial charge in [-0.25, -0.2) is 17.6 Å². The minimum absolute atomic E-state index is 0.0696. The van der Waals surface area contributed by atoms with Crippen molar-refractivity contribution in [3.63, 3.8) is 0 Å². The van der Waals surface area contributed by atoms with Gasteiger partial charge in [-0.1, -0.05) is 43.7 Å². The predicted molar refractivity (Wildman–Crippen MR) is 122 cm³/mol. The standard InChI is InChI=1S/C28H25F5O/c1-3-5-7-16-8-9-17(23(30)22(16)29)10-11-18-12-13-20-15-21-14-19(6-4-2)24(31)26(33)28(21)34-27(20)25(18)32/h3,8-9,12-14H,1,4-7,10-11,15H2,2H3. The Morgan fingerprint density at radius 1 is 0.706 bits per heavy atom. The summed E-state index contributed by atoms with van der Waals surface area (Å²) < 4.78 is 78.6. The first-order valence-corrected chi connectivity index (χ1v) is 11.4. The van der Waals surface area contributed by atoms with Crippen LogP contribution in [0.25, 0.3) is 0 Å². The lowest BCUT2D eigenvalue weighted by molar-refractivity contribution is 0.377. The number of benzene rings is 3. The highest BCUT2D eigenvalue weighted by Crippen LogP contribution is 2.42. The van der Waals surface area contributed by atoms with E-state index in [4.69, 9.17) is 4.74 Å². The summed E-state index contributed by atoms with van der Waals surface area (Å²) in [5.41, 5.74) is 1.89. The van der Waals surface area contributed by atoms with E-state index in [0.29, 0.717) is 36.8 Å². The van der Waals surface area contributed by atoms with Crippen molar-refractivity contribution in [2.75, 3.05) is 0 Å². The minimum atomic E-state index is -1.12. The van der Waals surface area contributed by atoms with E-state index in [1.54, 1.807) is 24.3 Å². The van der Waals surface area contributed by atoms with Gasteiger partial charge in [0.2, 0.25) is 5.82 Å². The van der Waals surface area contributed by atoms with Crippen molar-refractivity contribution >= 4 is 0 Å². The van der Waals surface area contributed by atoms with Crippen LogP contribution in [-0.4, -0.2) is 0 Å². The lowest BCUT2D eigenvalue weighted by atomic mass is 9.94. The van der Waals surface area contributed by atoms with E-state index in [0.717, 1.165) is 0 Å². The summed E-state index contributed by atoms with van der Waals surface area (Å²) in [7, 11) is 0. The zero-order chi connectivity index (χ0) is 24.4. The molecule has 3 aromatic rings.